The molecular weight excluding hydrogens is 234 g/mol. The predicted molar refractivity (Wildman–Crippen MR) is 53.9 cm³/mol. The molecule has 0 fully saturated rings. The molecule has 6 heteroatoms. The summed E-state index contributed by atoms with van der Waals surface area (Å²) in [6.45, 7) is 0. The number of hydrogen-bond acceptors (Lipinski definition) is 3. The van der Waals surface area contributed by atoms with Gasteiger partial charge in [0.1, 0.15) is 0 Å². The van der Waals surface area contributed by atoms with Crippen molar-refractivity contribution in [2.24, 2.45) is 0 Å². The monoisotopic (exact) mass is 242 g/mol. The molecule has 4 nitrogen and oxygen atoms in total. The molecule has 0 aliphatic carbocycles. The maximum atomic E-state index is 12.7. The first-order valence-corrected chi connectivity index (χ1v) is 4.74. The molecule has 1 aromatic rings. The molecule has 0 unspecified atom stereocenters. The zero-order chi connectivity index (χ0) is 12.5. The van der Waals surface area contributed by atoms with Gasteiger partial charge >= 0.3 is 12.3 Å². The van der Waals surface area contributed by atoms with Crippen molar-refractivity contribution in [2.45, 2.75) is 12.7 Å². The van der Waals surface area contributed by atoms with E-state index in [0.29, 0.717) is 5.56 Å². The Kier molecular flexibility index (Phi) is 2.71. The highest BCUT2D eigenvalue weighted by atomic mass is 19.3. The predicted octanol–water partition coefficient (Wildman–Crippen LogP) is 2.50. The van der Waals surface area contributed by atoms with Crippen LogP contribution in [0.15, 0.2) is 24.3 Å². The summed E-state index contributed by atoms with van der Waals surface area (Å²) in [7, 11) is 0. The Balaban J connectivity index is 2.14. The van der Waals surface area contributed by atoms with Gasteiger partial charge in [-0.15, -0.1) is 8.78 Å². The maximum Gasteiger partial charge on any atom is 0.586 e. The van der Waals surface area contributed by atoms with Gasteiger partial charge in [-0.2, -0.15) is 0 Å². The molecule has 1 heterocycles. The van der Waals surface area contributed by atoms with E-state index >= 15 is 0 Å². The van der Waals surface area contributed by atoms with Crippen LogP contribution in [0.5, 0.6) is 11.5 Å². The number of carboxylic acids is 1. The molecule has 1 aliphatic heterocycles. The summed E-state index contributed by atoms with van der Waals surface area (Å²) >= 11 is 0. The highest BCUT2D eigenvalue weighted by Gasteiger charge is 2.43. The lowest BCUT2D eigenvalue weighted by molar-refractivity contribution is -0.286. The second-order valence-electron chi connectivity index (χ2n) is 3.37. The fraction of sp³-hybridized carbons (Fsp3) is 0.182. The van der Waals surface area contributed by atoms with E-state index in [1.165, 1.54) is 30.4 Å². The number of carboxylic acid groups (broad SMARTS) is 1. The molecule has 1 N–H and O–H groups in total. The third kappa shape index (κ3) is 2.72. The van der Waals surface area contributed by atoms with Gasteiger partial charge in [-0.3, -0.25) is 4.79 Å². The Morgan fingerprint density at radius 1 is 1.35 bits per heavy atom. The van der Waals surface area contributed by atoms with E-state index in [1.54, 1.807) is 0 Å². The van der Waals surface area contributed by atoms with Crippen molar-refractivity contribution in [2.75, 3.05) is 0 Å². The second kappa shape index (κ2) is 4.04. The minimum absolute atomic E-state index is 0.0367. The number of rotatable bonds is 3. The maximum absolute atomic E-state index is 12.7. The van der Waals surface area contributed by atoms with Gasteiger partial charge in [0.05, 0.1) is 6.42 Å². The lowest BCUT2D eigenvalue weighted by Gasteiger charge is -2.04. The van der Waals surface area contributed by atoms with Gasteiger partial charge in [0.2, 0.25) is 0 Å². The second-order valence-corrected chi connectivity index (χ2v) is 3.37. The van der Waals surface area contributed by atoms with Crippen molar-refractivity contribution in [3.05, 3.63) is 29.8 Å². The van der Waals surface area contributed by atoms with Crippen molar-refractivity contribution in [1.29, 1.82) is 0 Å². The summed E-state index contributed by atoms with van der Waals surface area (Å²) < 4.78 is 33.8. The fourth-order valence-electron chi connectivity index (χ4n) is 1.37. The van der Waals surface area contributed by atoms with E-state index in [-0.39, 0.29) is 17.9 Å². The van der Waals surface area contributed by atoms with Gasteiger partial charge in [0, 0.05) is 0 Å². The van der Waals surface area contributed by atoms with Crippen LogP contribution in [0.1, 0.15) is 12.0 Å². The van der Waals surface area contributed by atoms with Gasteiger partial charge in [-0.25, -0.2) is 0 Å². The first kappa shape index (κ1) is 11.4. The average Bonchev–Trinajstić information content (AvgIpc) is 2.50. The highest BCUT2D eigenvalue weighted by molar-refractivity contribution is 5.70. The molecule has 0 amide bonds. The molecular formula is C11H8F2O4. The Bertz CT molecular complexity index is 482. The van der Waals surface area contributed by atoms with Gasteiger partial charge in [-0.05, 0) is 17.7 Å². The van der Waals surface area contributed by atoms with Crippen LogP contribution in [0.3, 0.4) is 0 Å². The third-order valence-electron chi connectivity index (χ3n) is 2.03. The van der Waals surface area contributed by atoms with Crippen molar-refractivity contribution >= 4 is 12.0 Å². The van der Waals surface area contributed by atoms with E-state index < -0.39 is 12.3 Å². The van der Waals surface area contributed by atoms with Crippen molar-refractivity contribution in [1.82, 2.24) is 0 Å². The van der Waals surface area contributed by atoms with E-state index in [0.717, 1.165) is 0 Å². The van der Waals surface area contributed by atoms with Crippen LogP contribution in [0.2, 0.25) is 0 Å². The average molecular weight is 242 g/mol. The van der Waals surface area contributed by atoms with E-state index in [2.05, 4.69) is 9.47 Å². The molecule has 1 aliphatic rings. The molecule has 2 rings (SSSR count). The molecule has 0 saturated carbocycles. The minimum Gasteiger partial charge on any atom is -0.481 e. The number of aliphatic carboxylic acids is 1. The van der Waals surface area contributed by atoms with Crippen LogP contribution in [0.4, 0.5) is 8.78 Å². The van der Waals surface area contributed by atoms with E-state index in [9.17, 15) is 13.6 Å². The zero-order valence-corrected chi connectivity index (χ0v) is 8.52. The Morgan fingerprint density at radius 2 is 2.06 bits per heavy atom. The number of alkyl halides is 2. The SMILES string of the molecule is O=C(O)CC=Cc1ccc2c(c1)OC(F)(F)O2. The quantitative estimate of drug-likeness (QED) is 0.884. The molecule has 90 valence electrons. The molecule has 0 aromatic heterocycles. The lowest BCUT2D eigenvalue weighted by atomic mass is 10.2. The van der Waals surface area contributed by atoms with E-state index in [4.69, 9.17) is 5.11 Å². The lowest BCUT2D eigenvalue weighted by Crippen LogP contribution is -2.25. The molecule has 17 heavy (non-hydrogen) atoms. The zero-order valence-electron chi connectivity index (χ0n) is 8.52. The van der Waals surface area contributed by atoms with Crippen LogP contribution < -0.4 is 9.47 Å². The molecule has 0 radical (unpaired) electrons. The van der Waals surface area contributed by atoms with Crippen molar-refractivity contribution in [3.63, 3.8) is 0 Å². The Hall–Kier alpha value is -2.11. The van der Waals surface area contributed by atoms with Crippen LogP contribution in [-0.2, 0) is 4.79 Å². The number of halogens is 2. The summed E-state index contributed by atoms with van der Waals surface area (Å²) in [6, 6.07) is 4.23. The third-order valence-corrected chi connectivity index (χ3v) is 2.03. The smallest absolute Gasteiger partial charge is 0.481 e. The number of hydrogen-bond donors (Lipinski definition) is 1. The summed E-state index contributed by atoms with van der Waals surface area (Å²) in [5.74, 6) is -1.06. The van der Waals surface area contributed by atoms with Crippen molar-refractivity contribution in [3.8, 4) is 11.5 Å². The Morgan fingerprint density at radius 3 is 2.76 bits per heavy atom. The van der Waals surface area contributed by atoms with Gasteiger partial charge < -0.3 is 14.6 Å². The first-order chi connectivity index (χ1) is 7.96. The van der Waals surface area contributed by atoms with E-state index in [1.807, 2.05) is 0 Å². The molecule has 0 atom stereocenters. The molecule has 0 bridgehead atoms. The van der Waals surface area contributed by atoms with Gasteiger partial charge in [0.15, 0.2) is 11.5 Å². The van der Waals surface area contributed by atoms with Gasteiger partial charge in [0.25, 0.3) is 0 Å². The minimum atomic E-state index is -3.63. The summed E-state index contributed by atoms with van der Waals surface area (Å²) in [5, 5.41) is 8.42. The number of fused-ring (bicyclic) bond motifs is 1. The number of benzene rings is 1. The van der Waals surface area contributed by atoms with Crippen LogP contribution >= 0.6 is 0 Å². The molecule has 0 spiro atoms. The first-order valence-electron chi connectivity index (χ1n) is 4.74. The summed E-state index contributed by atoms with van der Waals surface area (Å²) in [5.41, 5.74) is 0.561. The largest absolute Gasteiger partial charge is 0.586 e. The highest BCUT2D eigenvalue weighted by Crippen LogP contribution is 2.41. The van der Waals surface area contributed by atoms with Crippen LogP contribution in [-0.4, -0.2) is 17.4 Å². The molecule has 0 saturated heterocycles. The number of carbonyl (C=O) groups is 1. The number of ether oxygens (including phenoxy) is 2. The standard InChI is InChI=1S/C11H8F2O4/c12-11(13)16-8-5-4-7(6-9(8)17-11)2-1-3-10(14)15/h1-2,4-6H,3H2,(H,14,15). The van der Waals surface area contributed by atoms with Crippen LogP contribution in [0.25, 0.3) is 6.08 Å². The molecule has 1 aromatic carbocycles. The Labute approximate surface area is 95.1 Å². The van der Waals surface area contributed by atoms with Gasteiger partial charge in [-0.1, -0.05) is 18.2 Å². The van der Waals surface area contributed by atoms with Crippen molar-refractivity contribution < 1.29 is 28.2 Å². The fourth-order valence-corrected chi connectivity index (χ4v) is 1.37. The summed E-state index contributed by atoms with van der Waals surface area (Å²) in [6.07, 6.45) is -0.845. The summed E-state index contributed by atoms with van der Waals surface area (Å²) in [4.78, 5) is 10.3. The van der Waals surface area contributed by atoms with Crippen LogP contribution in [0, 0.1) is 0 Å². The normalized spacial score (nSPS) is 16.4. The topological polar surface area (TPSA) is 55.8 Å².